The molecule has 1 amide bonds. The fraction of sp³-hybridized carbons (Fsp3) is 0.750. The first-order chi connectivity index (χ1) is 12.7. The van der Waals surface area contributed by atoms with Crippen LogP contribution in [0.15, 0.2) is 0 Å². The Morgan fingerprint density at radius 3 is 3.00 bits per heavy atom. The molecule has 27 heavy (non-hydrogen) atoms. The molecule has 2 fully saturated rings. The SMILES string of the molecule is Cc1nc(CCNC(=O)[C@H]2CC[C@H]3OCCN[C@@H]3C2)nc2c1CCCC2.Cl. The summed E-state index contributed by atoms with van der Waals surface area (Å²) in [5, 5.41) is 6.61. The van der Waals surface area contributed by atoms with Crippen LogP contribution in [0.3, 0.4) is 0 Å². The van der Waals surface area contributed by atoms with E-state index < -0.39 is 0 Å². The lowest BCUT2D eigenvalue weighted by molar-refractivity contribution is -0.128. The van der Waals surface area contributed by atoms with Gasteiger partial charge in [0.15, 0.2) is 0 Å². The van der Waals surface area contributed by atoms with E-state index in [1.807, 2.05) is 0 Å². The average molecular weight is 395 g/mol. The van der Waals surface area contributed by atoms with Gasteiger partial charge in [-0.1, -0.05) is 0 Å². The third-order valence-corrected chi connectivity index (χ3v) is 6.08. The first-order valence-corrected chi connectivity index (χ1v) is 10.2. The molecule has 2 heterocycles. The van der Waals surface area contributed by atoms with Crippen LogP contribution in [-0.2, 0) is 28.8 Å². The maximum Gasteiger partial charge on any atom is 0.223 e. The predicted molar refractivity (Wildman–Crippen MR) is 106 cm³/mol. The molecule has 1 aromatic heterocycles. The van der Waals surface area contributed by atoms with Crippen molar-refractivity contribution in [2.45, 2.75) is 70.4 Å². The molecule has 4 rings (SSSR count). The van der Waals surface area contributed by atoms with Crippen molar-refractivity contribution in [1.82, 2.24) is 20.6 Å². The van der Waals surface area contributed by atoms with Crippen molar-refractivity contribution in [3.63, 3.8) is 0 Å². The second kappa shape index (κ2) is 9.30. The van der Waals surface area contributed by atoms with Gasteiger partial charge in [0.05, 0.1) is 12.7 Å². The number of aryl methyl sites for hydroxylation is 2. The molecule has 0 radical (unpaired) electrons. The minimum absolute atomic E-state index is 0. The van der Waals surface area contributed by atoms with Crippen molar-refractivity contribution < 1.29 is 9.53 Å². The Morgan fingerprint density at radius 1 is 1.26 bits per heavy atom. The zero-order valence-electron chi connectivity index (χ0n) is 16.1. The Labute approximate surface area is 167 Å². The molecular weight excluding hydrogens is 364 g/mol. The number of hydrogen-bond donors (Lipinski definition) is 2. The van der Waals surface area contributed by atoms with E-state index in [9.17, 15) is 4.79 Å². The molecule has 0 unspecified atom stereocenters. The predicted octanol–water partition coefficient (Wildman–Crippen LogP) is 1.90. The fourth-order valence-electron chi connectivity index (χ4n) is 4.65. The third-order valence-electron chi connectivity index (χ3n) is 6.08. The second-order valence-corrected chi connectivity index (χ2v) is 7.88. The molecule has 1 aliphatic heterocycles. The van der Waals surface area contributed by atoms with Crippen LogP contribution in [0, 0.1) is 12.8 Å². The number of halogens is 1. The van der Waals surface area contributed by atoms with Gasteiger partial charge in [0.2, 0.25) is 5.91 Å². The molecule has 7 heteroatoms. The summed E-state index contributed by atoms with van der Waals surface area (Å²) < 4.78 is 5.79. The van der Waals surface area contributed by atoms with Gasteiger partial charge in [0, 0.05) is 42.9 Å². The van der Waals surface area contributed by atoms with Crippen molar-refractivity contribution in [3.05, 3.63) is 22.8 Å². The second-order valence-electron chi connectivity index (χ2n) is 7.88. The molecule has 150 valence electrons. The molecule has 1 aromatic rings. The minimum Gasteiger partial charge on any atom is -0.375 e. The van der Waals surface area contributed by atoms with Crippen LogP contribution in [0.2, 0.25) is 0 Å². The number of carbonyl (C=O) groups excluding carboxylic acids is 1. The minimum atomic E-state index is 0. The molecule has 6 nitrogen and oxygen atoms in total. The highest BCUT2D eigenvalue weighted by Gasteiger charge is 2.35. The Morgan fingerprint density at radius 2 is 2.11 bits per heavy atom. The van der Waals surface area contributed by atoms with Gasteiger partial charge in [-0.25, -0.2) is 9.97 Å². The van der Waals surface area contributed by atoms with E-state index in [0.717, 1.165) is 56.8 Å². The highest BCUT2D eigenvalue weighted by Crippen LogP contribution is 2.28. The van der Waals surface area contributed by atoms with Gasteiger partial charge >= 0.3 is 0 Å². The normalized spacial score (nSPS) is 27.1. The van der Waals surface area contributed by atoms with Gasteiger partial charge in [0.25, 0.3) is 0 Å². The van der Waals surface area contributed by atoms with Gasteiger partial charge in [-0.2, -0.15) is 0 Å². The molecule has 0 spiro atoms. The summed E-state index contributed by atoms with van der Waals surface area (Å²) in [6.07, 6.45) is 8.42. The Bertz CT molecular complexity index is 670. The Hall–Kier alpha value is -1.24. The number of nitrogens with zero attached hydrogens (tertiary/aromatic N) is 2. The summed E-state index contributed by atoms with van der Waals surface area (Å²) in [6, 6.07) is 0.333. The van der Waals surface area contributed by atoms with E-state index in [-0.39, 0.29) is 24.2 Å². The van der Waals surface area contributed by atoms with Gasteiger partial charge in [-0.3, -0.25) is 4.79 Å². The van der Waals surface area contributed by atoms with Crippen molar-refractivity contribution >= 4 is 18.3 Å². The number of ether oxygens (including phenoxy) is 1. The number of carbonyl (C=O) groups is 1. The van der Waals surface area contributed by atoms with Crippen LogP contribution in [-0.4, -0.2) is 47.7 Å². The standard InChI is InChI=1S/C20H30N4O2.ClH/c1-13-15-4-2-3-5-16(15)24-19(23-13)8-9-22-20(25)14-6-7-18-17(12-14)21-10-11-26-18;/h14,17-18,21H,2-12H2,1H3,(H,22,25);1H/t14-,17+,18+;/m0./s1. The van der Waals surface area contributed by atoms with Gasteiger partial charge in [-0.15, -0.1) is 12.4 Å². The molecule has 2 N–H and O–H groups in total. The summed E-state index contributed by atoms with van der Waals surface area (Å²) in [5.41, 5.74) is 3.70. The number of amides is 1. The zero-order chi connectivity index (χ0) is 17.9. The topological polar surface area (TPSA) is 76.1 Å². The van der Waals surface area contributed by atoms with Gasteiger partial charge in [0.1, 0.15) is 5.82 Å². The highest BCUT2D eigenvalue weighted by molar-refractivity contribution is 5.85. The molecule has 1 saturated heterocycles. The maximum absolute atomic E-state index is 12.5. The van der Waals surface area contributed by atoms with Crippen LogP contribution < -0.4 is 10.6 Å². The van der Waals surface area contributed by atoms with Crippen LogP contribution in [0.25, 0.3) is 0 Å². The van der Waals surface area contributed by atoms with Crippen molar-refractivity contribution in [2.24, 2.45) is 5.92 Å². The number of morpholine rings is 1. The van der Waals surface area contributed by atoms with Crippen molar-refractivity contribution in [3.8, 4) is 0 Å². The monoisotopic (exact) mass is 394 g/mol. The fourth-order valence-corrected chi connectivity index (χ4v) is 4.65. The first kappa shape index (κ1) is 20.5. The van der Waals surface area contributed by atoms with Crippen molar-refractivity contribution in [1.29, 1.82) is 0 Å². The number of nitrogens with one attached hydrogen (secondary N) is 2. The Balaban J connectivity index is 0.00000210. The molecule has 2 aliphatic carbocycles. The van der Waals surface area contributed by atoms with Crippen LogP contribution in [0.5, 0.6) is 0 Å². The maximum atomic E-state index is 12.5. The Kier molecular flexibility index (Phi) is 7.06. The number of hydrogen-bond acceptors (Lipinski definition) is 5. The van der Waals surface area contributed by atoms with E-state index in [1.165, 1.54) is 24.1 Å². The molecule has 3 aliphatic rings. The molecule has 1 saturated carbocycles. The van der Waals surface area contributed by atoms with E-state index in [0.29, 0.717) is 25.1 Å². The summed E-state index contributed by atoms with van der Waals surface area (Å²) in [6.45, 7) is 4.39. The van der Waals surface area contributed by atoms with Crippen LogP contribution >= 0.6 is 12.4 Å². The van der Waals surface area contributed by atoms with E-state index in [4.69, 9.17) is 9.72 Å². The largest absolute Gasteiger partial charge is 0.375 e. The van der Waals surface area contributed by atoms with Gasteiger partial charge < -0.3 is 15.4 Å². The lowest BCUT2D eigenvalue weighted by Crippen LogP contribution is -2.53. The lowest BCUT2D eigenvalue weighted by atomic mass is 9.82. The number of fused-ring (bicyclic) bond motifs is 2. The smallest absolute Gasteiger partial charge is 0.223 e. The quantitative estimate of drug-likeness (QED) is 0.815. The summed E-state index contributed by atoms with van der Waals surface area (Å²) in [5.74, 6) is 1.14. The molecule has 0 bridgehead atoms. The van der Waals surface area contributed by atoms with Crippen LogP contribution in [0.4, 0.5) is 0 Å². The molecular formula is C20H31ClN4O2. The summed E-state index contributed by atoms with van der Waals surface area (Å²) in [7, 11) is 0. The number of aromatic nitrogens is 2. The lowest BCUT2D eigenvalue weighted by Gasteiger charge is -2.39. The highest BCUT2D eigenvalue weighted by atomic mass is 35.5. The number of rotatable bonds is 4. The van der Waals surface area contributed by atoms with Gasteiger partial charge in [-0.05, 0) is 57.4 Å². The first-order valence-electron chi connectivity index (χ1n) is 10.2. The van der Waals surface area contributed by atoms with E-state index in [1.54, 1.807) is 0 Å². The molecule has 0 aromatic carbocycles. The zero-order valence-corrected chi connectivity index (χ0v) is 16.9. The summed E-state index contributed by atoms with van der Waals surface area (Å²) >= 11 is 0. The average Bonchev–Trinajstić information content (AvgIpc) is 2.67. The third kappa shape index (κ3) is 4.79. The van der Waals surface area contributed by atoms with E-state index >= 15 is 0 Å². The van der Waals surface area contributed by atoms with E-state index in [2.05, 4.69) is 22.5 Å². The molecule has 3 atom stereocenters. The summed E-state index contributed by atoms with van der Waals surface area (Å²) in [4.78, 5) is 22.0. The van der Waals surface area contributed by atoms with Crippen molar-refractivity contribution in [2.75, 3.05) is 19.7 Å². The van der Waals surface area contributed by atoms with Crippen LogP contribution in [0.1, 0.15) is 54.9 Å².